The zero-order chi connectivity index (χ0) is 20.7. The van der Waals surface area contributed by atoms with Crippen LogP contribution in [0.3, 0.4) is 0 Å². The minimum atomic E-state index is -3.87. The molecule has 1 atom stereocenters. The Hall–Kier alpha value is -0.910. The Bertz CT molecular complexity index is 604. The van der Waals surface area contributed by atoms with Gasteiger partial charge in [0.05, 0.1) is 25.9 Å². The Kier molecular flexibility index (Phi) is 12.7. The normalized spacial score (nSPS) is 14.1. The first-order valence-corrected chi connectivity index (χ1v) is 12.8. The highest BCUT2D eigenvalue weighted by Gasteiger charge is 2.22. The van der Waals surface area contributed by atoms with Gasteiger partial charge in [-0.15, -0.1) is 0 Å². The first-order valence-electron chi connectivity index (χ1n) is 11.2. The highest BCUT2D eigenvalue weighted by Crippen LogP contribution is 2.17. The second-order valence-corrected chi connectivity index (χ2v) is 10.1. The molecular weight excluding hydrogens is 370 g/mol. The molecule has 0 saturated carbocycles. The van der Waals surface area contributed by atoms with E-state index in [0.29, 0.717) is 6.42 Å². The molecule has 0 aliphatic heterocycles. The van der Waals surface area contributed by atoms with E-state index in [9.17, 15) is 8.42 Å². The highest BCUT2D eigenvalue weighted by atomic mass is 32.2. The van der Waals surface area contributed by atoms with Crippen LogP contribution in [-0.4, -0.2) is 43.3 Å². The fourth-order valence-corrected chi connectivity index (χ4v) is 4.40. The van der Waals surface area contributed by atoms with Gasteiger partial charge < -0.3 is 4.48 Å². The number of unbranched alkanes of at least 4 members (excludes halogenated alkanes) is 9. The molecule has 0 fully saturated rings. The van der Waals surface area contributed by atoms with Gasteiger partial charge in [-0.3, -0.25) is 4.55 Å². The van der Waals surface area contributed by atoms with Crippen molar-refractivity contribution in [2.45, 2.75) is 84.1 Å². The SMILES string of the molecule is CCCCCCCCCCCC[N+](C)(CCCS(=O)(=O)O)Cc1ccccc1. The van der Waals surface area contributed by atoms with Crippen LogP contribution in [-0.2, 0) is 16.7 Å². The molecule has 0 saturated heterocycles. The minimum Gasteiger partial charge on any atom is -0.322 e. The number of hydrogen-bond acceptors (Lipinski definition) is 2. The second kappa shape index (κ2) is 14.1. The zero-order valence-electron chi connectivity index (χ0n) is 18.1. The van der Waals surface area contributed by atoms with Crippen molar-refractivity contribution >= 4 is 10.1 Å². The molecule has 0 aromatic heterocycles. The molecular formula is C23H42NO3S+. The molecule has 0 bridgehead atoms. The van der Waals surface area contributed by atoms with Crippen molar-refractivity contribution in [1.29, 1.82) is 0 Å². The van der Waals surface area contributed by atoms with E-state index < -0.39 is 10.1 Å². The summed E-state index contributed by atoms with van der Waals surface area (Å²) in [6.45, 7) is 4.99. The molecule has 1 aromatic carbocycles. The van der Waals surface area contributed by atoms with Crippen LogP contribution in [0.15, 0.2) is 30.3 Å². The first-order chi connectivity index (χ1) is 13.3. The molecule has 0 spiro atoms. The van der Waals surface area contributed by atoms with E-state index in [-0.39, 0.29) is 5.75 Å². The van der Waals surface area contributed by atoms with E-state index >= 15 is 0 Å². The molecule has 5 heteroatoms. The van der Waals surface area contributed by atoms with Crippen LogP contribution in [0.4, 0.5) is 0 Å². The summed E-state index contributed by atoms with van der Waals surface area (Å²) in [6.07, 6.45) is 13.7. The summed E-state index contributed by atoms with van der Waals surface area (Å²) in [5, 5.41) is 0. The average molecular weight is 413 g/mol. The summed E-state index contributed by atoms with van der Waals surface area (Å²) in [7, 11) is -1.66. The topological polar surface area (TPSA) is 54.4 Å². The Labute approximate surface area is 173 Å². The van der Waals surface area contributed by atoms with Crippen molar-refractivity contribution in [3.8, 4) is 0 Å². The van der Waals surface area contributed by atoms with E-state index in [0.717, 1.165) is 24.1 Å². The second-order valence-electron chi connectivity index (χ2n) is 8.53. The number of hydrogen-bond donors (Lipinski definition) is 1. The lowest BCUT2D eigenvalue weighted by Crippen LogP contribution is -2.45. The van der Waals surface area contributed by atoms with Crippen LogP contribution >= 0.6 is 0 Å². The number of nitrogens with zero attached hydrogens (tertiary/aromatic N) is 1. The van der Waals surface area contributed by atoms with Gasteiger partial charge in [-0.25, -0.2) is 0 Å². The van der Waals surface area contributed by atoms with Crippen molar-refractivity contribution in [2.75, 3.05) is 25.9 Å². The van der Waals surface area contributed by atoms with Gasteiger partial charge in [0.1, 0.15) is 6.54 Å². The summed E-state index contributed by atoms with van der Waals surface area (Å²) >= 11 is 0. The van der Waals surface area contributed by atoms with E-state index in [2.05, 4.69) is 38.2 Å². The molecule has 0 aliphatic carbocycles. The lowest BCUT2D eigenvalue weighted by atomic mass is 10.1. The van der Waals surface area contributed by atoms with Crippen LogP contribution in [0.2, 0.25) is 0 Å². The van der Waals surface area contributed by atoms with Gasteiger partial charge in [-0.2, -0.15) is 8.42 Å². The van der Waals surface area contributed by atoms with Gasteiger partial charge in [0, 0.05) is 12.0 Å². The molecule has 28 heavy (non-hydrogen) atoms. The molecule has 0 amide bonds. The fraction of sp³-hybridized carbons (Fsp3) is 0.739. The van der Waals surface area contributed by atoms with Crippen LogP contribution in [0.25, 0.3) is 0 Å². The summed E-state index contributed by atoms with van der Waals surface area (Å²) < 4.78 is 32.0. The standard InChI is InChI=1S/C23H41NO3S/c1-3-4-5-6-7-8-9-10-11-15-19-24(2,20-16-21-28(25,26)27)22-23-17-13-12-14-18-23/h12-14,17-18H,3-11,15-16,19-22H2,1-2H3/p+1. The quantitative estimate of drug-likeness (QED) is 0.199. The van der Waals surface area contributed by atoms with Crippen LogP contribution in [0.1, 0.15) is 83.1 Å². The van der Waals surface area contributed by atoms with Gasteiger partial charge in [-0.1, -0.05) is 88.6 Å². The summed E-state index contributed by atoms with van der Waals surface area (Å²) in [5.41, 5.74) is 1.28. The van der Waals surface area contributed by atoms with Crippen molar-refractivity contribution < 1.29 is 17.5 Å². The maximum atomic E-state index is 11.1. The molecule has 1 aromatic rings. The molecule has 4 nitrogen and oxygen atoms in total. The maximum absolute atomic E-state index is 11.1. The highest BCUT2D eigenvalue weighted by molar-refractivity contribution is 7.85. The number of quaternary nitrogens is 1. The smallest absolute Gasteiger partial charge is 0.265 e. The van der Waals surface area contributed by atoms with Crippen molar-refractivity contribution in [1.82, 2.24) is 0 Å². The van der Waals surface area contributed by atoms with Crippen LogP contribution < -0.4 is 0 Å². The van der Waals surface area contributed by atoms with Crippen molar-refractivity contribution in [2.24, 2.45) is 0 Å². The third kappa shape index (κ3) is 13.3. The Morgan fingerprint density at radius 1 is 0.786 bits per heavy atom. The van der Waals surface area contributed by atoms with E-state index in [1.807, 2.05) is 6.07 Å². The lowest BCUT2D eigenvalue weighted by molar-refractivity contribution is -0.922. The Morgan fingerprint density at radius 2 is 1.29 bits per heavy atom. The predicted molar refractivity (Wildman–Crippen MR) is 119 cm³/mol. The first kappa shape index (κ1) is 25.1. The predicted octanol–water partition coefficient (Wildman–Crippen LogP) is 5.83. The molecule has 0 heterocycles. The van der Waals surface area contributed by atoms with E-state index in [1.165, 1.54) is 69.8 Å². The van der Waals surface area contributed by atoms with Crippen LogP contribution in [0, 0.1) is 0 Å². The largest absolute Gasteiger partial charge is 0.322 e. The molecule has 162 valence electrons. The molecule has 1 N–H and O–H groups in total. The van der Waals surface area contributed by atoms with Gasteiger partial charge in [0.2, 0.25) is 0 Å². The molecule has 1 rings (SSSR count). The molecule has 0 radical (unpaired) electrons. The lowest BCUT2D eigenvalue weighted by Gasteiger charge is -2.35. The fourth-order valence-electron chi connectivity index (χ4n) is 3.90. The van der Waals surface area contributed by atoms with Gasteiger partial charge in [-0.05, 0) is 12.8 Å². The van der Waals surface area contributed by atoms with Crippen molar-refractivity contribution in [3.63, 3.8) is 0 Å². The minimum absolute atomic E-state index is 0.145. The summed E-state index contributed by atoms with van der Waals surface area (Å²) in [4.78, 5) is 0. The summed E-state index contributed by atoms with van der Waals surface area (Å²) in [5.74, 6) is -0.145. The third-order valence-electron chi connectivity index (χ3n) is 5.56. The number of benzene rings is 1. The average Bonchev–Trinajstić information content (AvgIpc) is 2.63. The van der Waals surface area contributed by atoms with E-state index in [4.69, 9.17) is 4.55 Å². The van der Waals surface area contributed by atoms with Crippen LogP contribution in [0.5, 0.6) is 0 Å². The monoisotopic (exact) mass is 412 g/mol. The molecule has 0 aliphatic rings. The van der Waals surface area contributed by atoms with Gasteiger partial charge in [0.25, 0.3) is 10.1 Å². The van der Waals surface area contributed by atoms with Crippen molar-refractivity contribution in [3.05, 3.63) is 35.9 Å². The number of rotatable bonds is 17. The Morgan fingerprint density at radius 3 is 1.82 bits per heavy atom. The molecule has 1 unspecified atom stereocenters. The third-order valence-corrected chi connectivity index (χ3v) is 6.36. The Balaban J connectivity index is 2.34. The van der Waals surface area contributed by atoms with Gasteiger partial charge >= 0.3 is 0 Å². The summed E-state index contributed by atoms with van der Waals surface area (Å²) in [6, 6.07) is 10.4. The zero-order valence-corrected chi connectivity index (χ0v) is 18.9. The van der Waals surface area contributed by atoms with E-state index in [1.54, 1.807) is 0 Å². The van der Waals surface area contributed by atoms with Gasteiger partial charge in [0.15, 0.2) is 0 Å². The maximum Gasteiger partial charge on any atom is 0.265 e.